The van der Waals surface area contributed by atoms with Crippen LogP contribution in [-0.2, 0) is 0 Å². The molecule has 0 bridgehead atoms. The molecule has 1 heterocycles. The second kappa shape index (κ2) is 5.48. The highest BCUT2D eigenvalue weighted by Crippen LogP contribution is 2.28. The van der Waals surface area contributed by atoms with Crippen LogP contribution in [0.5, 0.6) is 0 Å². The average Bonchev–Trinajstić information content (AvgIpc) is 2.28. The molecule has 3 nitrogen and oxygen atoms in total. The van der Waals surface area contributed by atoms with Crippen LogP contribution < -0.4 is 5.32 Å². The van der Waals surface area contributed by atoms with Crippen molar-refractivity contribution in [2.75, 3.05) is 5.32 Å². The molecule has 0 radical (unpaired) electrons. The van der Waals surface area contributed by atoms with Crippen molar-refractivity contribution in [1.29, 1.82) is 0 Å². The van der Waals surface area contributed by atoms with E-state index in [1.807, 2.05) is 19.9 Å². The molecule has 2 rings (SSSR count). The number of nitrogens with one attached hydrogen (secondary N) is 1. The highest BCUT2D eigenvalue weighted by molar-refractivity contribution is 5.36. The van der Waals surface area contributed by atoms with Gasteiger partial charge in [0.15, 0.2) is 0 Å². The lowest BCUT2D eigenvalue weighted by molar-refractivity contribution is 0.327. The van der Waals surface area contributed by atoms with E-state index in [1.165, 1.54) is 32.1 Å². The minimum atomic E-state index is 0.599. The van der Waals surface area contributed by atoms with Crippen LogP contribution in [0.15, 0.2) is 6.07 Å². The summed E-state index contributed by atoms with van der Waals surface area (Å²) in [6.07, 6.45) is 6.62. The molecule has 2 atom stereocenters. The third-order valence-corrected chi connectivity index (χ3v) is 3.68. The number of hydrogen-bond acceptors (Lipinski definition) is 3. The van der Waals surface area contributed by atoms with Crippen molar-refractivity contribution in [3.63, 3.8) is 0 Å². The van der Waals surface area contributed by atoms with Gasteiger partial charge in [-0.15, -0.1) is 0 Å². The topological polar surface area (TPSA) is 37.8 Å². The number of nitrogens with zero attached hydrogens (tertiary/aromatic N) is 2. The van der Waals surface area contributed by atoms with Gasteiger partial charge in [-0.1, -0.05) is 26.2 Å². The summed E-state index contributed by atoms with van der Waals surface area (Å²) < 4.78 is 0. The maximum Gasteiger partial charge on any atom is 0.130 e. The lowest BCUT2D eigenvalue weighted by Gasteiger charge is -2.29. The summed E-state index contributed by atoms with van der Waals surface area (Å²) in [7, 11) is 0. The van der Waals surface area contributed by atoms with E-state index in [9.17, 15) is 0 Å². The molecule has 1 aliphatic carbocycles. The van der Waals surface area contributed by atoms with Crippen molar-refractivity contribution < 1.29 is 0 Å². The van der Waals surface area contributed by atoms with Crippen molar-refractivity contribution >= 4 is 5.82 Å². The monoisotopic (exact) mass is 233 g/mol. The maximum absolute atomic E-state index is 4.46. The summed E-state index contributed by atoms with van der Waals surface area (Å²) in [4.78, 5) is 8.76. The van der Waals surface area contributed by atoms with Gasteiger partial charge in [-0.05, 0) is 32.6 Å². The minimum Gasteiger partial charge on any atom is -0.367 e. The Morgan fingerprint density at radius 3 is 2.82 bits per heavy atom. The normalized spacial score (nSPS) is 24.6. The first-order valence-corrected chi connectivity index (χ1v) is 6.76. The highest BCUT2D eigenvalue weighted by Gasteiger charge is 2.20. The molecule has 1 aromatic rings. The second-order valence-corrected chi connectivity index (χ2v) is 5.22. The Morgan fingerprint density at radius 1 is 1.29 bits per heavy atom. The average molecular weight is 233 g/mol. The van der Waals surface area contributed by atoms with Gasteiger partial charge >= 0.3 is 0 Å². The zero-order valence-electron chi connectivity index (χ0n) is 11.2. The highest BCUT2D eigenvalue weighted by atomic mass is 15.0. The van der Waals surface area contributed by atoms with Gasteiger partial charge in [0.1, 0.15) is 11.6 Å². The van der Waals surface area contributed by atoms with Crippen LogP contribution in [0.2, 0.25) is 0 Å². The van der Waals surface area contributed by atoms with Gasteiger partial charge in [0.05, 0.1) is 0 Å². The number of anilines is 1. The third-order valence-electron chi connectivity index (χ3n) is 3.68. The van der Waals surface area contributed by atoms with E-state index in [2.05, 4.69) is 22.2 Å². The van der Waals surface area contributed by atoms with Crippen LogP contribution in [-0.4, -0.2) is 16.0 Å². The number of hydrogen-bond donors (Lipinski definition) is 1. The van der Waals surface area contributed by atoms with Crippen molar-refractivity contribution in [2.45, 2.75) is 58.9 Å². The Morgan fingerprint density at radius 2 is 2.12 bits per heavy atom. The van der Waals surface area contributed by atoms with Crippen molar-refractivity contribution in [3.05, 3.63) is 17.6 Å². The SMILES string of the molecule is CCC1CCCC(Nc2cc(C)nc(C)n2)C1. The number of aryl methyl sites for hydroxylation is 2. The standard InChI is InChI=1S/C14H23N3/c1-4-12-6-5-7-13(9-12)17-14-8-10(2)15-11(3)16-14/h8,12-13H,4-7,9H2,1-3H3,(H,15,16,17). The van der Waals surface area contributed by atoms with E-state index in [0.717, 1.165) is 23.3 Å². The second-order valence-electron chi connectivity index (χ2n) is 5.22. The van der Waals surface area contributed by atoms with E-state index in [1.54, 1.807) is 0 Å². The molecule has 0 aromatic carbocycles. The number of rotatable bonds is 3. The first-order valence-electron chi connectivity index (χ1n) is 6.76. The maximum atomic E-state index is 4.46. The first kappa shape index (κ1) is 12.3. The lowest BCUT2D eigenvalue weighted by atomic mass is 9.84. The van der Waals surface area contributed by atoms with Crippen LogP contribution in [0.25, 0.3) is 0 Å². The zero-order valence-corrected chi connectivity index (χ0v) is 11.2. The van der Waals surface area contributed by atoms with Crippen molar-refractivity contribution in [1.82, 2.24) is 9.97 Å². The van der Waals surface area contributed by atoms with E-state index in [-0.39, 0.29) is 0 Å². The fraction of sp³-hybridized carbons (Fsp3) is 0.714. The molecule has 0 amide bonds. The summed E-state index contributed by atoms with van der Waals surface area (Å²) in [5.74, 6) is 2.75. The summed E-state index contributed by atoms with van der Waals surface area (Å²) in [5, 5.41) is 3.58. The van der Waals surface area contributed by atoms with Gasteiger partial charge in [0.25, 0.3) is 0 Å². The molecule has 1 aliphatic rings. The Balaban J connectivity index is 2.00. The molecule has 1 N–H and O–H groups in total. The van der Waals surface area contributed by atoms with Gasteiger partial charge in [-0.25, -0.2) is 9.97 Å². The van der Waals surface area contributed by atoms with Gasteiger partial charge in [-0.3, -0.25) is 0 Å². The molecule has 2 unspecified atom stereocenters. The van der Waals surface area contributed by atoms with Gasteiger partial charge in [0.2, 0.25) is 0 Å². The largest absolute Gasteiger partial charge is 0.367 e. The van der Waals surface area contributed by atoms with Crippen molar-refractivity contribution in [2.24, 2.45) is 5.92 Å². The van der Waals surface area contributed by atoms with Crippen LogP contribution in [0.1, 0.15) is 50.5 Å². The predicted molar refractivity (Wildman–Crippen MR) is 71.2 cm³/mol. The molecule has 1 fully saturated rings. The smallest absolute Gasteiger partial charge is 0.130 e. The minimum absolute atomic E-state index is 0.599. The van der Waals surface area contributed by atoms with E-state index in [4.69, 9.17) is 0 Å². The molecule has 1 saturated carbocycles. The molecule has 17 heavy (non-hydrogen) atoms. The van der Waals surface area contributed by atoms with E-state index >= 15 is 0 Å². The summed E-state index contributed by atoms with van der Waals surface area (Å²) >= 11 is 0. The van der Waals surface area contributed by atoms with Crippen molar-refractivity contribution in [3.8, 4) is 0 Å². The molecular weight excluding hydrogens is 210 g/mol. The molecule has 0 aliphatic heterocycles. The third kappa shape index (κ3) is 3.42. The van der Waals surface area contributed by atoms with E-state index in [0.29, 0.717) is 6.04 Å². The Kier molecular flexibility index (Phi) is 3.97. The molecule has 1 aromatic heterocycles. The summed E-state index contributed by atoms with van der Waals surface area (Å²) in [6.45, 7) is 6.27. The van der Waals surface area contributed by atoms with E-state index < -0.39 is 0 Å². The fourth-order valence-corrected chi connectivity index (χ4v) is 2.79. The van der Waals surface area contributed by atoms with Crippen LogP contribution in [0.4, 0.5) is 5.82 Å². The lowest BCUT2D eigenvalue weighted by Crippen LogP contribution is -2.27. The number of aromatic nitrogens is 2. The van der Waals surface area contributed by atoms with Crippen LogP contribution >= 0.6 is 0 Å². The first-order chi connectivity index (χ1) is 8.17. The molecule has 0 saturated heterocycles. The summed E-state index contributed by atoms with van der Waals surface area (Å²) in [5.41, 5.74) is 1.04. The molecule has 0 spiro atoms. The quantitative estimate of drug-likeness (QED) is 0.868. The fourth-order valence-electron chi connectivity index (χ4n) is 2.79. The van der Waals surface area contributed by atoms with Gasteiger partial charge < -0.3 is 5.32 Å². The zero-order chi connectivity index (χ0) is 12.3. The molecule has 94 valence electrons. The van der Waals surface area contributed by atoms with Crippen LogP contribution in [0, 0.1) is 19.8 Å². The summed E-state index contributed by atoms with van der Waals surface area (Å²) in [6, 6.07) is 2.64. The Bertz CT molecular complexity index is 355. The molecular formula is C14H23N3. The molecule has 3 heteroatoms. The van der Waals surface area contributed by atoms with Crippen LogP contribution in [0.3, 0.4) is 0 Å². The Hall–Kier alpha value is -1.12. The van der Waals surface area contributed by atoms with Gasteiger partial charge in [0, 0.05) is 17.8 Å². The Labute approximate surface area is 104 Å². The van der Waals surface area contributed by atoms with Gasteiger partial charge in [-0.2, -0.15) is 0 Å². The predicted octanol–water partition coefficient (Wildman–Crippen LogP) is 3.47.